The first kappa shape index (κ1) is 24.9. The lowest BCUT2D eigenvalue weighted by atomic mass is 10.0. The van der Waals surface area contributed by atoms with E-state index in [0.29, 0.717) is 30.3 Å². The Bertz CT molecular complexity index is 671. The standard InChI is InChI=1S/C19H30ClN3O6/c1-14-6-7-16(20)17(11-14)28-13-15(24)12-22-19(2,3)8-9-21-18(25)5-4-10-29-23(26)27/h6-7,11,15,22,24H,4-5,8-10,12-13H2,1-3H3,(H,21,25). The summed E-state index contributed by atoms with van der Waals surface area (Å²) in [6, 6.07) is 5.46. The molecule has 9 nitrogen and oxygen atoms in total. The van der Waals surface area contributed by atoms with Crippen LogP contribution in [0.4, 0.5) is 0 Å². The molecule has 0 heterocycles. The van der Waals surface area contributed by atoms with Gasteiger partial charge in [0.05, 0.1) is 11.6 Å². The van der Waals surface area contributed by atoms with Gasteiger partial charge in [0.15, 0.2) is 0 Å². The Morgan fingerprint density at radius 3 is 2.83 bits per heavy atom. The largest absolute Gasteiger partial charge is 0.489 e. The molecule has 1 aromatic carbocycles. The van der Waals surface area contributed by atoms with Crippen LogP contribution in [0.25, 0.3) is 0 Å². The zero-order valence-corrected chi connectivity index (χ0v) is 17.8. The zero-order valence-electron chi connectivity index (χ0n) is 17.1. The molecule has 1 aromatic rings. The number of carbonyl (C=O) groups excluding carboxylic acids is 1. The van der Waals surface area contributed by atoms with Gasteiger partial charge >= 0.3 is 0 Å². The monoisotopic (exact) mass is 431 g/mol. The molecule has 0 aliphatic rings. The van der Waals surface area contributed by atoms with Crippen LogP contribution in [0.1, 0.15) is 38.7 Å². The van der Waals surface area contributed by atoms with E-state index in [-0.39, 0.29) is 37.5 Å². The highest BCUT2D eigenvalue weighted by Crippen LogP contribution is 2.25. The molecule has 0 aromatic heterocycles. The molecule has 3 N–H and O–H groups in total. The van der Waals surface area contributed by atoms with Crippen molar-refractivity contribution in [1.29, 1.82) is 0 Å². The van der Waals surface area contributed by atoms with Gasteiger partial charge in [0, 0.05) is 25.0 Å². The molecule has 0 saturated heterocycles. The Labute approximate surface area is 175 Å². The van der Waals surface area contributed by atoms with Crippen molar-refractivity contribution in [3.8, 4) is 5.75 Å². The number of β-amino-alcohol motifs (C(OH)–C–C–N with tert-alkyl or cyclic N) is 1. The summed E-state index contributed by atoms with van der Waals surface area (Å²) in [4.78, 5) is 25.9. The third-order valence-electron chi connectivity index (χ3n) is 4.15. The number of halogens is 1. The Balaban J connectivity index is 2.22. The summed E-state index contributed by atoms with van der Waals surface area (Å²) in [6.07, 6.45) is 0.369. The maximum absolute atomic E-state index is 11.7. The van der Waals surface area contributed by atoms with Crippen molar-refractivity contribution in [2.24, 2.45) is 0 Å². The summed E-state index contributed by atoms with van der Waals surface area (Å²) in [5, 5.41) is 25.8. The number of carbonyl (C=O) groups is 1. The van der Waals surface area contributed by atoms with Gasteiger partial charge in [0.1, 0.15) is 18.5 Å². The zero-order chi connectivity index (χ0) is 21.9. The average molecular weight is 432 g/mol. The lowest BCUT2D eigenvalue weighted by Gasteiger charge is -2.28. The van der Waals surface area contributed by atoms with E-state index in [0.717, 1.165) is 5.56 Å². The van der Waals surface area contributed by atoms with Crippen LogP contribution in [0.2, 0.25) is 5.02 Å². The summed E-state index contributed by atoms with van der Waals surface area (Å²) in [6.45, 7) is 6.65. The average Bonchev–Trinajstić information content (AvgIpc) is 2.64. The minimum absolute atomic E-state index is 0.0960. The minimum atomic E-state index is -0.874. The smallest absolute Gasteiger partial charge is 0.294 e. The summed E-state index contributed by atoms with van der Waals surface area (Å²) < 4.78 is 5.59. The highest BCUT2D eigenvalue weighted by molar-refractivity contribution is 6.32. The van der Waals surface area contributed by atoms with E-state index in [1.54, 1.807) is 6.07 Å². The summed E-state index contributed by atoms with van der Waals surface area (Å²) >= 11 is 6.07. The number of aliphatic hydroxyl groups excluding tert-OH is 1. The maximum atomic E-state index is 11.7. The number of amides is 1. The van der Waals surface area contributed by atoms with E-state index >= 15 is 0 Å². The molecular formula is C19H30ClN3O6. The van der Waals surface area contributed by atoms with Gasteiger partial charge in [0.2, 0.25) is 5.91 Å². The number of nitrogens with one attached hydrogen (secondary N) is 2. The Morgan fingerprint density at radius 1 is 1.41 bits per heavy atom. The van der Waals surface area contributed by atoms with Gasteiger partial charge in [0.25, 0.3) is 5.09 Å². The van der Waals surface area contributed by atoms with Gasteiger partial charge in [-0.2, -0.15) is 0 Å². The molecule has 0 radical (unpaired) electrons. The van der Waals surface area contributed by atoms with Crippen LogP contribution in [0.3, 0.4) is 0 Å². The van der Waals surface area contributed by atoms with Crippen LogP contribution in [0, 0.1) is 17.0 Å². The predicted octanol–water partition coefficient (Wildman–Crippen LogP) is 2.25. The first-order chi connectivity index (χ1) is 13.6. The molecule has 1 unspecified atom stereocenters. The topological polar surface area (TPSA) is 123 Å². The van der Waals surface area contributed by atoms with Gasteiger partial charge in [-0.15, -0.1) is 10.1 Å². The molecule has 0 aliphatic carbocycles. The number of aryl methyl sites for hydroxylation is 1. The third kappa shape index (κ3) is 11.5. The molecule has 1 atom stereocenters. The Morgan fingerprint density at radius 2 is 2.14 bits per heavy atom. The maximum Gasteiger partial charge on any atom is 0.294 e. The lowest BCUT2D eigenvalue weighted by Crippen LogP contribution is -2.46. The summed E-state index contributed by atoms with van der Waals surface area (Å²) in [5.41, 5.74) is 0.703. The number of benzene rings is 1. The first-order valence-electron chi connectivity index (χ1n) is 9.45. The summed E-state index contributed by atoms with van der Waals surface area (Å²) in [7, 11) is 0. The van der Waals surface area contributed by atoms with E-state index in [9.17, 15) is 20.0 Å². The summed E-state index contributed by atoms with van der Waals surface area (Å²) in [5.74, 6) is 0.354. The van der Waals surface area contributed by atoms with E-state index in [2.05, 4.69) is 15.5 Å². The number of rotatable bonds is 14. The van der Waals surface area contributed by atoms with Crippen LogP contribution in [0.5, 0.6) is 5.75 Å². The first-order valence-corrected chi connectivity index (χ1v) is 9.83. The third-order valence-corrected chi connectivity index (χ3v) is 4.46. The number of hydrogen-bond acceptors (Lipinski definition) is 7. The van der Waals surface area contributed by atoms with Crippen molar-refractivity contribution in [3.63, 3.8) is 0 Å². The van der Waals surface area contributed by atoms with Gasteiger partial charge < -0.3 is 25.3 Å². The quantitative estimate of drug-likeness (QED) is 0.234. The number of hydrogen-bond donors (Lipinski definition) is 3. The fourth-order valence-electron chi connectivity index (χ4n) is 2.42. The fourth-order valence-corrected chi connectivity index (χ4v) is 2.60. The second kappa shape index (κ2) is 12.5. The number of ether oxygens (including phenoxy) is 1. The van der Waals surface area contributed by atoms with Crippen molar-refractivity contribution < 1.29 is 24.6 Å². The van der Waals surface area contributed by atoms with Crippen LogP contribution < -0.4 is 15.4 Å². The van der Waals surface area contributed by atoms with Gasteiger partial charge in [-0.1, -0.05) is 17.7 Å². The molecule has 10 heteroatoms. The second-order valence-electron chi connectivity index (χ2n) is 7.42. The van der Waals surface area contributed by atoms with Crippen molar-refractivity contribution in [1.82, 2.24) is 10.6 Å². The number of nitrogens with zero attached hydrogens (tertiary/aromatic N) is 1. The van der Waals surface area contributed by atoms with E-state index < -0.39 is 11.2 Å². The SMILES string of the molecule is Cc1ccc(Cl)c(OCC(O)CNC(C)(C)CCNC(=O)CCCO[N+](=O)[O-])c1. The lowest BCUT2D eigenvalue weighted by molar-refractivity contribution is -0.757. The van der Waals surface area contributed by atoms with E-state index in [4.69, 9.17) is 16.3 Å². The minimum Gasteiger partial charge on any atom is -0.489 e. The normalized spacial score (nSPS) is 12.3. The van der Waals surface area contributed by atoms with Crippen LogP contribution in [0.15, 0.2) is 18.2 Å². The molecule has 29 heavy (non-hydrogen) atoms. The van der Waals surface area contributed by atoms with Crippen LogP contribution >= 0.6 is 11.6 Å². The van der Waals surface area contributed by atoms with Crippen molar-refractivity contribution in [3.05, 3.63) is 38.9 Å². The molecule has 0 aliphatic heterocycles. The predicted molar refractivity (Wildman–Crippen MR) is 110 cm³/mol. The molecule has 0 saturated carbocycles. The number of aliphatic hydroxyl groups is 1. The molecule has 164 valence electrons. The van der Waals surface area contributed by atoms with Crippen molar-refractivity contribution >= 4 is 17.5 Å². The molecule has 0 fully saturated rings. The van der Waals surface area contributed by atoms with Crippen LogP contribution in [-0.4, -0.2) is 54.0 Å². The molecule has 1 amide bonds. The van der Waals surface area contributed by atoms with Gasteiger partial charge in [-0.05, 0) is 51.3 Å². The van der Waals surface area contributed by atoms with E-state index in [1.165, 1.54) is 0 Å². The highest BCUT2D eigenvalue weighted by Gasteiger charge is 2.19. The van der Waals surface area contributed by atoms with Gasteiger partial charge in [-0.25, -0.2) is 0 Å². The second-order valence-corrected chi connectivity index (χ2v) is 7.83. The van der Waals surface area contributed by atoms with Gasteiger partial charge in [-0.3, -0.25) is 4.79 Å². The van der Waals surface area contributed by atoms with Crippen LogP contribution in [-0.2, 0) is 9.63 Å². The Kier molecular flexibility index (Phi) is 10.7. The molecular weight excluding hydrogens is 402 g/mol. The van der Waals surface area contributed by atoms with E-state index in [1.807, 2.05) is 32.9 Å². The molecule has 0 spiro atoms. The molecule has 1 rings (SSSR count). The highest BCUT2D eigenvalue weighted by atomic mass is 35.5. The molecule has 0 bridgehead atoms. The fraction of sp³-hybridized carbons (Fsp3) is 0.632. The van der Waals surface area contributed by atoms with Crippen molar-refractivity contribution in [2.75, 3.05) is 26.3 Å². The Hall–Kier alpha value is -2.10. The van der Waals surface area contributed by atoms with Crippen molar-refractivity contribution in [2.45, 2.75) is 51.7 Å².